The van der Waals surface area contributed by atoms with E-state index in [1.165, 1.54) is 16.7 Å². The molecule has 18 heavy (non-hydrogen) atoms. The van der Waals surface area contributed by atoms with E-state index in [1.807, 2.05) is 19.2 Å². The van der Waals surface area contributed by atoms with Crippen molar-refractivity contribution < 1.29 is 14.4 Å². The summed E-state index contributed by atoms with van der Waals surface area (Å²) < 4.78 is 0. The molecule has 1 heterocycles. The van der Waals surface area contributed by atoms with Gasteiger partial charge in [0.15, 0.2) is 5.17 Å². The van der Waals surface area contributed by atoms with Crippen LogP contribution in [0.25, 0.3) is 0 Å². The van der Waals surface area contributed by atoms with Crippen LogP contribution in [0.5, 0.6) is 0 Å². The lowest BCUT2D eigenvalue weighted by Crippen LogP contribution is -2.38. The number of carbonyl (C=O) groups is 3. The van der Waals surface area contributed by atoms with Crippen molar-refractivity contribution in [3.05, 3.63) is 0 Å². The van der Waals surface area contributed by atoms with E-state index in [-0.39, 0.29) is 12.3 Å². The summed E-state index contributed by atoms with van der Waals surface area (Å²) in [7, 11) is 0. The fraction of sp³-hybridized carbons (Fsp3) is 0.600. The van der Waals surface area contributed by atoms with E-state index < -0.39 is 17.2 Å². The van der Waals surface area contributed by atoms with Crippen LogP contribution in [0.3, 0.4) is 0 Å². The number of hydrogen-bond acceptors (Lipinski definition) is 5. The zero-order valence-corrected chi connectivity index (χ0v) is 11.1. The molecule has 4 amide bonds. The second-order valence-electron chi connectivity index (χ2n) is 3.56. The Balaban J connectivity index is 2.69. The van der Waals surface area contributed by atoms with Crippen LogP contribution in [-0.4, -0.2) is 46.3 Å². The van der Waals surface area contributed by atoms with Crippen LogP contribution in [0.4, 0.5) is 4.79 Å². The first-order chi connectivity index (χ1) is 8.49. The first-order valence-corrected chi connectivity index (χ1v) is 6.49. The summed E-state index contributed by atoms with van der Waals surface area (Å²) in [6, 6.07) is -0.912. The van der Waals surface area contributed by atoms with Crippen LogP contribution in [0.15, 0.2) is 4.99 Å². The Kier molecular flexibility index (Phi) is 5.14. The highest BCUT2D eigenvalue weighted by Gasteiger charge is 2.38. The average molecular weight is 272 g/mol. The van der Waals surface area contributed by atoms with Gasteiger partial charge in [-0.05, 0) is 13.8 Å². The van der Waals surface area contributed by atoms with Crippen molar-refractivity contribution in [3.8, 4) is 0 Å². The minimum absolute atomic E-state index is 0.0777. The smallest absolute Gasteiger partial charge is 0.318 e. The summed E-state index contributed by atoms with van der Waals surface area (Å²) in [5, 5.41) is 2.04. The molecule has 1 rings (SSSR count). The van der Waals surface area contributed by atoms with E-state index in [4.69, 9.17) is 5.73 Å². The summed E-state index contributed by atoms with van der Waals surface area (Å²) in [5.74, 6) is -0.712. The maximum atomic E-state index is 12.0. The number of aliphatic imine (C=N–C) groups is 1. The number of imide groups is 1. The molecule has 1 fully saturated rings. The molecule has 3 N–H and O–H groups in total. The van der Waals surface area contributed by atoms with E-state index in [9.17, 15) is 14.4 Å². The second-order valence-corrected chi connectivity index (χ2v) is 4.73. The lowest BCUT2D eigenvalue weighted by Gasteiger charge is -2.12. The van der Waals surface area contributed by atoms with Crippen molar-refractivity contribution in [2.24, 2.45) is 10.7 Å². The van der Waals surface area contributed by atoms with Crippen LogP contribution in [-0.2, 0) is 9.59 Å². The fourth-order valence-electron chi connectivity index (χ4n) is 1.54. The van der Waals surface area contributed by atoms with Gasteiger partial charge >= 0.3 is 6.03 Å². The van der Waals surface area contributed by atoms with E-state index in [0.29, 0.717) is 18.3 Å². The van der Waals surface area contributed by atoms with Crippen molar-refractivity contribution in [1.82, 2.24) is 10.2 Å². The van der Waals surface area contributed by atoms with Gasteiger partial charge in [0, 0.05) is 19.5 Å². The standard InChI is InChI=1S/C10H16N4O3S/c1-3-12-10-14(4-2)8(16)6(18-10)5-7(15)13-9(11)17/h6H,3-5H2,1-2H3,(H3,11,13,15,17). The number of hydrogen-bond donors (Lipinski definition) is 2. The van der Waals surface area contributed by atoms with Gasteiger partial charge in [-0.25, -0.2) is 4.79 Å². The van der Waals surface area contributed by atoms with E-state index in [2.05, 4.69) is 4.99 Å². The molecular formula is C10H16N4O3S. The minimum Gasteiger partial charge on any atom is -0.351 e. The van der Waals surface area contributed by atoms with Crippen molar-refractivity contribution in [2.75, 3.05) is 13.1 Å². The molecule has 0 aromatic carbocycles. The highest BCUT2D eigenvalue weighted by Crippen LogP contribution is 2.29. The van der Waals surface area contributed by atoms with Crippen molar-refractivity contribution >= 4 is 34.8 Å². The lowest BCUT2D eigenvalue weighted by atomic mass is 10.2. The molecule has 0 aromatic heterocycles. The van der Waals surface area contributed by atoms with Gasteiger partial charge in [-0.2, -0.15) is 0 Å². The molecule has 1 saturated heterocycles. The molecule has 100 valence electrons. The molecule has 1 aliphatic rings. The van der Waals surface area contributed by atoms with Crippen molar-refractivity contribution in [2.45, 2.75) is 25.5 Å². The lowest BCUT2D eigenvalue weighted by molar-refractivity contribution is -0.129. The molecule has 1 aliphatic heterocycles. The number of primary amides is 1. The summed E-state index contributed by atoms with van der Waals surface area (Å²) in [4.78, 5) is 39.6. The molecule has 0 bridgehead atoms. The number of amidine groups is 1. The zero-order chi connectivity index (χ0) is 13.7. The Bertz CT molecular complexity index is 397. The number of nitrogens with one attached hydrogen (secondary N) is 1. The predicted molar refractivity (Wildman–Crippen MR) is 69.1 cm³/mol. The highest BCUT2D eigenvalue weighted by atomic mass is 32.2. The van der Waals surface area contributed by atoms with Gasteiger partial charge in [-0.15, -0.1) is 0 Å². The molecule has 8 heteroatoms. The third kappa shape index (κ3) is 3.46. The minimum atomic E-state index is -0.912. The number of thioether (sulfide) groups is 1. The van der Waals surface area contributed by atoms with Crippen LogP contribution >= 0.6 is 11.8 Å². The van der Waals surface area contributed by atoms with Crippen LogP contribution in [0, 0.1) is 0 Å². The van der Waals surface area contributed by atoms with Crippen LogP contribution in [0.2, 0.25) is 0 Å². The third-order valence-electron chi connectivity index (χ3n) is 2.26. The van der Waals surface area contributed by atoms with Crippen LogP contribution < -0.4 is 11.1 Å². The fourth-order valence-corrected chi connectivity index (χ4v) is 2.81. The molecule has 0 radical (unpaired) electrons. The molecule has 0 aliphatic carbocycles. The van der Waals surface area contributed by atoms with Crippen LogP contribution in [0.1, 0.15) is 20.3 Å². The Morgan fingerprint density at radius 3 is 2.67 bits per heavy atom. The van der Waals surface area contributed by atoms with Gasteiger partial charge < -0.3 is 5.73 Å². The third-order valence-corrected chi connectivity index (χ3v) is 3.48. The summed E-state index contributed by atoms with van der Waals surface area (Å²) >= 11 is 1.24. The monoisotopic (exact) mass is 272 g/mol. The number of nitrogens with two attached hydrogens (primary N) is 1. The Labute approximate surface area is 109 Å². The van der Waals surface area contributed by atoms with E-state index >= 15 is 0 Å². The average Bonchev–Trinajstić information content (AvgIpc) is 2.54. The molecule has 0 aromatic rings. The second kappa shape index (κ2) is 6.39. The molecular weight excluding hydrogens is 256 g/mol. The number of urea groups is 1. The Hall–Kier alpha value is -1.57. The maximum Gasteiger partial charge on any atom is 0.318 e. The number of amides is 4. The normalized spacial score (nSPS) is 21.4. The SMILES string of the molecule is CCN=C1SC(CC(=O)NC(N)=O)C(=O)N1CC. The van der Waals surface area contributed by atoms with Crippen molar-refractivity contribution in [1.29, 1.82) is 0 Å². The van der Waals surface area contributed by atoms with Gasteiger partial charge in [-0.1, -0.05) is 11.8 Å². The first-order valence-electron chi connectivity index (χ1n) is 5.61. The van der Waals surface area contributed by atoms with E-state index in [0.717, 1.165) is 0 Å². The number of nitrogens with zero attached hydrogens (tertiary/aromatic N) is 2. The Morgan fingerprint density at radius 2 is 2.17 bits per heavy atom. The predicted octanol–water partition coefficient (Wildman–Crippen LogP) is -0.0888. The zero-order valence-electron chi connectivity index (χ0n) is 10.3. The van der Waals surface area contributed by atoms with Gasteiger partial charge in [0.05, 0.1) is 0 Å². The summed E-state index contributed by atoms with van der Waals surface area (Å²) in [6.45, 7) is 4.80. The van der Waals surface area contributed by atoms with Gasteiger partial charge in [0.25, 0.3) is 0 Å². The van der Waals surface area contributed by atoms with Gasteiger partial charge in [0.2, 0.25) is 11.8 Å². The molecule has 7 nitrogen and oxygen atoms in total. The summed E-state index contributed by atoms with van der Waals surface area (Å²) in [5.41, 5.74) is 4.83. The largest absolute Gasteiger partial charge is 0.351 e. The highest BCUT2D eigenvalue weighted by molar-refractivity contribution is 8.15. The summed E-state index contributed by atoms with van der Waals surface area (Å²) in [6.07, 6.45) is -0.0777. The molecule has 0 saturated carbocycles. The van der Waals surface area contributed by atoms with Crippen molar-refractivity contribution in [3.63, 3.8) is 0 Å². The van der Waals surface area contributed by atoms with E-state index in [1.54, 1.807) is 0 Å². The molecule has 1 unspecified atom stereocenters. The molecule has 1 atom stereocenters. The maximum absolute atomic E-state index is 12.0. The van der Waals surface area contributed by atoms with Gasteiger partial charge in [-0.3, -0.25) is 24.8 Å². The van der Waals surface area contributed by atoms with Gasteiger partial charge in [0.1, 0.15) is 5.25 Å². The Morgan fingerprint density at radius 1 is 1.50 bits per heavy atom. The number of rotatable bonds is 4. The topological polar surface area (TPSA) is 105 Å². The molecule has 0 spiro atoms. The number of carbonyl (C=O) groups excluding carboxylic acids is 3. The quantitative estimate of drug-likeness (QED) is 0.746. The first kappa shape index (κ1) is 14.5.